The van der Waals surface area contributed by atoms with Crippen LogP contribution in [0.4, 0.5) is 0 Å². The van der Waals surface area contributed by atoms with Gasteiger partial charge in [-0.3, -0.25) is 4.99 Å². The van der Waals surface area contributed by atoms with Crippen LogP contribution in [0.1, 0.15) is 19.3 Å². The standard InChI is InChI=1S/C16H24ClN3O4/c1-9(10-3-4-10)19-14(16(22)23-2)13(17)15(18)20-12(7-21)11-5-6-24-8-11/h10-12,19,21H,1,3-8H2,2H3,(H2,18,20). The smallest absolute Gasteiger partial charge is 0.356 e. The van der Waals surface area contributed by atoms with E-state index in [-0.39, 0.29) is 29.1 Å². The number of carbonyl (C=O) groups excluding carboxylic acids is 1. The maximum absolute atomic E-state index is 12.0. The normalized spacial score (nSPS) is 23.5. The van der Waals surface area contributed by atoms with Gasteiger partial charge in [-0.25, -0.2) is 4.79 Å². The minimum absolute atomic E-state index is 0.0108. The highest BCUT2D eigenvalue weighted by Gasteiger charge is 2.29. The average molecular weight is 358 g/mol. The first-order chi connectivity index (χ1) is 11.5. The number of nitrogens with two attached hydrogens (primary N) is 1. The van der Waals surface area contributed by atoms with Crippen LogP contribution in [0, 0.1) is 11.8 Å². The number of ether oxygens (including phenoxy) is 2. The number of carbonyl (C=O) groups is 1. The van der Waals surface area contributed by atoms with Crippen molar-refractivity contribution in [2.45, 2.75) is 25.3 Å². The van der Waals surface area contributed by atoms with Gasteiger partial charge in [0.05, 0.1) is 26.4 Å². The molecule has 1 heterocycles. The Morgan fingerprint density at radius 2 is 2.25 bits per heavy atom. The number of nitrogens with one attached hydrogen (secondary N) is 1. The van der Waals surface area contributed by atoms with Crippen LogP contribution >= 0.6 is 11.6 Å². The lowest BCUT2D eigenvalue weighted by atomic mass is 10.0. The third kappa shape index (κ3) is 4.72. The van der Waals surface area contributed by atoms with Crippen molar-refractivity contribution >= 4 is 23.4 Å². The fourth-order valence-corrected chi connectivity index (χ4v) is 2.68. The van der Waals surface area contributed by atoms with E-state index in [9.17, 15) is 9.90 Å². The zero-order valence-electron chi connectivity index (χ0n) is 13.8. The van der Waals surface area contributed by atoms with Crippen molar-refractivity contribution in [2.24, 2.45) is 22.6 Å². The lowest BCUT2D eigenvalue weighted by Gasteiger charge is -2.17. The molecule has 24 heavy (non-hydrogen) atoms. The van der Waals surface area contributed by atoms with E-state index in [0.29, 0.717) is 24.8 Å². The van der Waals surface area contributed by atoms with Crippen molar-refractivity contribution in [1.82, 2.24) is 5.32 Å². The molecule has 0 radical (unpaired) electrons. The first-order valence-electron chi connectivity index (χ1n) is 7.94. The average Bonchev–Trinajstić information content (AvgIpc) is 3.31. The first-order valence-corrected chi connectivity index (χ1v) is 8.31. The van der Waals surface area contributed by atoms with Crippen LogP contribution in [0.15, 0.2) is 28.0 Å². The van der Waals surface area contributed by atoms with E-state index in [2.05, 4.69) is 16.9 Å². The summed E-state index contributed by atoms with van der Waals surface area (Å²) < 4.78 is 10.1. The fourth-order valence-electron chi connectivity index (χ4n) is 2.51. The lowest BCUT2D eigenvalue weighted by molar-refractivity contribution is -0.136. The van der Waals surface area contributed by atoms with Crippen LogP contribution in [-0.2, 0) is 14.3 Å². The Bertz CT molecular complexity index is 552. The van der Waals surface area contributed by atoms with Gasteiger partial charge in [0, 0.05) is 18.2 Å². The summed E-state index contributed by atoms with van der Waals surface area (Å²) in [7, 11) is 1.26. The van der Waals surface area contributed by atoms with Gasteiger partial charge in [0.1, 0.15) is 16.6 Å². The number of esters is 1. The quantitative estimate of drug-likeness (QED) is 0.258. The molecule has 1 saturated carbocycles. The van der Waals surface area contributed by atoms with E-state index < -0.39 is 12.0 Å². The Morgan fingerprint density at radius 1 is 1.54 bits per heavy atom. The highest BCUT2D eigenvalue weighted by atomic mass is 35.5. The van der Waals surface area contributed by atoms with Gasteiger partial charge in [0.15, 0.2) is 0 Å². The molecule has 0 amide bonds. The van der Waals surface area contributed by atoms with Crippen molar-refractivity contribution in [3.63, 3.8) is 0 Å². The van der Waals surface area contributed by atoms with Gasteiger partial charge in [0.25, 0.3) is 0 Å². The molecule has 0 spiro atoms. The molecule has 0 aromatic rings. The molecule has 2 unspecified atom stereocenters. The minimum atomic E-state index is -0.648. The number of aliphatic hydroxyl groups is 1. The van der Waals surface area contributed by atoms with Crippen molar-refractivity contribution < 1.29 is 19.4 Å². The highest BCUT2D eigenvalue weighted by Crippen LogP contribution is 2.34. The molecule has 134 valence electrons. The van der Waals surface area contributed by atoms with E-state index in [4.69, 9.17) is 26.8 Å². The summed E-state index contributed by atoms with van der Waals surface area (Å²) in [6.07, 6.45) is 2.84. The second-order valence-corrected chi connectivity index (χ2v) is 6.37. The Kier molecular flexibility index (Phi) is 6.65. The molecule has 2 atom stereocenters. The molecule has 8 heteroatoms. The van der Waals surface area contributed by atoms with Crippen molar-refractivity contribution in [3.8, 4) is 0 Å². The van der Waals surface area contributed by atoms with E-state index in [1.165, 1.54) is 7.11 Å². The monoisotopic (exact) mass is 357 g/mol. The molecule has 1 aliphatic heterocycles. The van der Waals surface area contributed by atoms with Crippen LogP contribution in [0.25, 0.3) is 0 Å². The third-order valence-electron chi connectivity index (χ3n) is 4.19. The van der Waals surface area contributed by atoms with Crippen LogP contribution in [0.5, 0.6) is 0 Å². The minimum Gasteiger partial charge on any atom is -0.464 e. The number of methoxy groups -OCH3 is 1. The zero-order valence-corrected chi connectivity index (χ0v) is 14.5. The molecule has 0 aromatic carbocycles. The number of amidine groups is 1. The number of nitrogens with zero attached hydrogens (tertiary/aromatic N) is 1. The fraction of sp³-hybridized carbons (Fsp3) is 0.625. The number of hydrogen-bond acceptors (Lipinski definition) is 6. The van der Waals surface area contributed by atoms with Crippen LogP contribution in [0.3, 0.4) is 0 Å². The molecule has 2 rings (SSSR count). The van der Waals surface area contributed by atoms with E-state index >= 15 is 0 Å². The summed E-state index contributed by atoms with van der Waals surface area (Å²) >= 11 is 6.25. The Hall–Kier alpha value is -1.57. The van der Waals surface area contributed by atoms with Crippen LogP contribution < -0.4 is 11.1 Å². The van der Waals surface area contributed by atoms with Crippen LogP contribution in [-0.4, -0.2) is 49.9 Å². The number of allylic oxidation sites excluding steroid dienone is 1. The van der Waals surface area contributed by atoms with Gasteiger partial charge in [-0.1, -0.05) is 18.2 Å². The third-order valence-corrected chi connectivity index (χ3v) is 4.57. The number of aliphatic hydroxyl groups excluding tert-OH is 1. The summed E-state index contributed by atoms with van der Waals surface area (Å²) in [5.74, 6) is -0.272. The van der Waals surface area contributed by atoms with Gasteiger partial charge in [-0.15, -0.1) is 0 Å². The summed E-state index contributed by atoms with van der Waals surface area (Å²) in [6, 6.07) is -0.424. The van der Waals surface area contributed by atoms with E-state index in [1.54, 1.807) is 0 Å². The van der Waals surface area contributed by atoms with Gasteiger partial charge >= 0.3 is 5.97 Å². The van der Waals surface area contributed by atoms with Crippen LogP contribution in [0.2, 0.25) is 0 Å². The molecule has 1 aliphatic carbocycles. The maximum atomic E-state index is 12.0. The Balaban J connectivity index is 2.20. The van der Waals surface area contributed by atoms with Crippen molar-refractivity contribution in [3.05, 3.63) is 23.0 Å². The Morgan fingerprint density at radius 3 is 2.75 bits per heavy atom. The SMILES string of the molecule is C=C(NC(C(=O)OC)=C(Cl)C(N)=NC(CO)C1CCOC1)C1CC1. The molecule has 7 nitrogen and oxygen atoms in total. The van der Waals surface area contributed by atoms with Crippen molar-refractivity contribution in [2.75, 3.05) is 26.9 Å². The molecular weight excluding hydrogens is 334 g/mol. The first kappa shape index (κ1) is 18.8. The second-order valence-electron chi connectivity index (χ2n) is 5.99. The molecule has 1 saturated heterocycles. The highest BCUT2D eigenvalue weighted by molar-refractivity contribution is 6.44. The predicted molar refractivity (Wildman–Crippen MR) is 91.3 cm³/mol. The number of halogens is 1. The van der Waals surface area contributed by atoms with E-state index in [1.807, 2.05) is 0 Å². The van der Waals surface area contributed by atoms with Gasteiger partial charge in [-0.05, 0) is 25.2 Å². The number of aliphatic imine (C=N–C) groups is 1. The predicted octanol–water partition coefficient (Wildman–Crippen LogP) is 0.878. The molecular formula is C16H24ClN3O4. The lowest BCUT2D eigenvalue weighted by Crippen LogP contribution is -2.30. The summed E-state index contributed by atoms with van der Waals surface area (Å²) in [4.78, 5) is 16.3. The molecule has 2 fully saturated rings. The second kappa shape index (κ2) is 8.50. The van der Waals surface area contributed by atoms with Crippen molar-refractivity contribution in [1.29, 1.82) is 0 Å². The summed E-state index contributed by atoms with van der Waals surface area (Å²) in [5, 5.41) is 12.4. The van der Waals surface area contributed by atoms with E-state index in [0.717, 1.165) is 19.3 Å². The maximum Gasteiger partial charge on any atom is 0.356 e. The van der Waals surface area contributed by atoms with Gasteiger partial charge < -0.3 is 25.6 Å². The Labute approximate surface area is 146 Å². The summed E-state index contributed by atoms with van der Waals surface area (Å²) in [5.41, 5.74) is 6.66. The topological polar surface area (TPSA) is 106 Å². The van der Waals surface area contributed by atoms with Gasteiger partial charge in [-0.2, -0.15) is 0 Å². The molecule has 0 bridgehead atoms. The molecule has 2 aliphatic rings. The summed E-state index contributed by atoms with van der Waals surface area (Å²) in [6.45, 7) is 4.89. The largest absolute Gasteiger partial charge is 0.464 e. The molecule has 4 N–H and O–H groups in total. The number of rotatable bonds is 8. The molecule has 0 aromatic heterocycles. The zero-order chi connectivity index (χ0) is 17.7. The van der Waals surface area contributed by atoms with Gasteiger partial charge in [0.2, 0.25) is 0 Å². The number of hydrogen-bond donors (Lipinski definition) is 3.